The predicted octanol–water partition coefficient (Wildman–Crippen LogP) is 2.56. The van der Waals surface area contributed by atoms with Crippen molar-refractivity contribution in [3.63, 3.8) is 0 Å². The second-order valence-electron chi connectivity index (χ2n) is 4.45. The van der Waals surface area contributed by atoms with Crippen LogP contribution in [0.2, 0.25) is 0 Å². The highest BCUT2D eigenvalue weighted by Gasteiger charge is 2.14. The highest BCUT2D eigenvalue weighted by molar-refractivity contribution is 7.98. The van der Waals surface area contributed by atoms with Crippen LogP contribution < -0.4 is 4.74 Å². The maximum Gasteiger partial charge on any atom is 0.237 e. The average Bonchev–Trinajstić information content (AvgIpc) is 3.15. The Bertz CT molecular complexity index is 755. The molecule has 0 aliphatic rings. The lowest BCUT2D eigenvalue weighted by atomic mass is 10.2. The fraction of sp³-hybridized carbons (Fsp3) is 0.286. The topological polar surface area (TPSA) is 78.9 Å². The summed E-state index contributed by atoms with van der Waals surface area (Å²) in [6.45, 7) is 2.53. The first-order valence-electron chi connectivity index (χ1n) is 6.79. The van der Waals surface area contributed by atoms with E-state index in [9.17, 15) is 0 Å². The Labute approximate surface area is 131 Å². The van der Waals surface area contributed by atoms with Gasteiger partial charge in [0, 0.05) is 7.05 Å². The molecule has 0 saturated heterocycles. The van der Waals surface area contributed by atoms with Gasteiger partial charge in [0.15, 0.2) is 5.16 Å². The molecule has 0 unspecified atom stereocenters. The lowest BCUT2D eigenvalue weighted by Crippen LogP contribution is -1.94. The molecule has 0 N–H and O–H groups in total. The van der Waals surface area contributed by atoms with Gasteiger partial charge in [0.05, 0.1) is 17.9 Å². The van der Waals surface area contributed by atoms with Crippen LogP contribution in [0.15, 0.2) is 40.3 Å². The summed E-state index contributed by atoms with van der Waals surface area (Å²) < 4.78 is 12.7. The number of thioether (sulfide) groups is 1. The summed E-state index contributed by atoms with van der Waals surface area (Å²) in [4.78, 5) is 4.42. The molecule has 0 radical (unpaired) electrons. The van der Waals surface area contributed by atoms with E-state index in [1.165, 1.54) is 11.8 Å². The Morgan fingerprint density at radius 2 is 2.18 bits per heavy atom. The van der Waals surface area contributed by atoms with Crippen molar-refractivity contribution >= 4 is 11.8 Å². The smallest absolute Gasteiger partial charge is 0.237 e. The third-order valence-corrected chi connectivity index (χ3v) is 3.91. The average molecular weight is 317 g/mol. The molecule has 0 amide bonds. The number of aromatic nitrogens is 5. The van der Waals surface area contributed by atoms with Crippen LogP contribution in [0.5, 0.6) is 5.75 Å². The zero-order valence-electron chi connectivity index (χ0n) is 12.3. The van der Waals surface area contributed by atoms with E-state index in [1.807, 2.05) is 42.8 Å². The molecule has 2 aromatic heterocycles. The molecule has 0 aliphatic heterocycles. The standard InChI is InChI=1S/C14H15N5O2S/c1-3-20-11-7-5-4-6-10(11)13-16-12(21-18-13)8-22-14-17-15-9-19(14)2/h4-7,9H,3,8H2,1-2H3. The first-order valence-corrected chi connectivity index (χ1v) is 7.78. The monoisotopic (exact) mass is 317 g/mol. The molecular formula is C14H15N5O2S. The number of para-hydroxylation sites is 1. The number of hydrogen-bond acceptors (Lipinski definition) is 7. The third kappa shape index (κ3) is 3.11. The number of nitrogens with zero attached hydrogens (tertiary/aromatic N) is 5. The van der Waals surface area contributed by atoms with Crippen LogP contribution in [0.25, 0.3) is 11.4 Å². The number of benzene rings is 1. The summed E-state index contributed by atoms with van der Waals surface area (Å²) >= 11 is 1.49. The van der Waals surface area contributed by atoms with Gasteiger partial charge in [-0.3, -0.25) is 0 Å². The Morgan fingerprint density at radius 1 is 1.32 bits per heavy atom. The Hall–Kier alpha value is -2.35. The normalized spacial score (nSPS) is 10.8. The molecular weight excluding hydrogens is 302 g/mol. The van der Waals surface area contributed by atoms with Gasteiger partial charge < -0.3 is 13.8 Å². The van der Waals surface area contributed by atoms with Crippen LogP contribution in [-0.2, 0) is 12.8 Å². The van der Waals surface area contributed by atoms with Gasteiger partial charge >= 0.3 is 0 Å². The zero-order chi connectivity index (χ0) is 15.4. The lowest BCUT2D eigenvalue weighted by molar-refractivity contribution is 0.341. The van der Waals surface area contributed by atoms with Crippen LogP contribution >= 0.6 is 11.8 Å². The molecule has 0 fully saturated rings. The highest BCUT2D eigenvalue weighted by atomic mass is 32.2. The van der Waals surface area contributed by atoms with Crippen LogP contribution in [0.1, 0.15) is 12.8 Å². The molecule has 1 aromatic carbocycles. The first kappa shape index (κ1) is 14.6. The van der Waals surface area contributed by atoms with Crippen molar-refractivity contribution in [2.24, 2.45) is 7.05 Å². The molecule has 114 valence electrons. The summed E-state index contributed by atoms with van der Waals surface area (Å²) in [6.07, 6.45) is 1.65. The van der Waals surface area contributed by atoms with Crippen molar-refractivity contribution in [3.05, 3.63) is 36.5 Å². The largest absolute Gasteiger partial charge is 0.493 e. The van der Waals surface area contributed by atoms with Crippen molar-refractivity contribution in [2.75, 3.05) is 6.61 Å². The van der Waals surface area contributed by atoms with E-state index in [1.54, 1.807) is 6.33 Å². The highest BCUT2D eigenvalue weighted by Crippen LogP contribution is 2.28. The van der Waals surface area contributed by atoms with E-state index in [4.69, 9.17) is 9.26 Å². The maximum absolute atomic E-state index is 5.59. The molecule has 7 nitrogen and oxygen atoms in total. The number of aryl methyl sites for hydroxylation is 1. The molecule has 0 spiro atoms. The lowest BCUT2D eigenvalue weighted by Gasteiger charge is -2.05. The second-order valence-corrected chi connectivity index (χ2v) is 5.40. The number of ether oxygens (including phenoxy) is 1. The van der Waals surface area contributed by atoms with E-state index < -0.39 is 0 Å². The Kier molecular flexibility index (Phi) is 4.38. The van der Waals surface area contributed by atoms with Gasteiger partial charge in [-0.1, -0.05) is 29.1 Å². The van der Waals surface area contributed by atoms with Crippen LogP contribution in [0.3, 0.4) is 0 Å². The molecule has 3 rings (SSSR count). The minimum absolute atomic E-state index is 0.526. The summed E-state index contributed by atoms with van der Waals surface area (Å²) in [5.41, 5.74) is 0.822. The molecule has 3 aromatic rings. The van der Waals surface area contributed by atoms with Crippen LogP contribution in [-0.4, -0.2) is 31.5 Å². The molecule has 0 saturated carbocycles. The van der Waals surface area contributed by atoms with E-state index in [0.29, 0.717) is 24.1 Å². The predicted molar refractivity (Wildman–Crippen MR) is 81.5 cm³/mol. The molecule has 0 atom stereocenters. The fourth-order valence-electron chi connectivity index (χ4n) is 1.89. The molecule has 0 aliphatic carbocycles. The van der Waals surface area contributed by atoms with Crippen molar-refractivity contribution in [3.8, 4) is 17.1 Å². The quantitative estimate of drug-likeness (QED) is 0.646. The SMILES string of the molecule is CCOc1ccccc1-c1noc(CSc2nncn2C)n1. The van der Waals surface area contributed by atoms with Crippen molar-refractivity contribution in [1.29, 1.82) is 0 Å². The van der Waals surface area contributed by atoms with E-state index in [-0.39, 0.29) is 0 Å². The minimum atomic E-state index is 0.526. The Morgan fingerprint density at radius 3 is 2.95 bits per heavy atom. The third-order valence-electron chi connectivity index (χ3n) is 2.89. The van der Waals surface area contributed by atoms with Gasteiger partial charge in [-0.2, -0.15) is 4.98 Å². The van der Waals surface area contributed by atoms with E-state index in [2.05, 4.69) is 20.3 Å². The van der Waals surface area contributed by atoms with Gasteiger partial charge in [-0.25, -0.2) is 0 Å². The molecule has 2 heterocycles. The Balaban J connectivity index is 1.75. The summed E-state index contributed by atoms with van der Waals surface area (Å²) in [7, 11) is 1.89. The summed E-state index contributed by atoms with van der Waals surface area (Å²) in [6, 6.07) is 7.64. The van der Waals surface area contributed by atoms with Crippen LogP contribution in [0.4, 0.5) is 0 Å². The fourth-order valence-corrected chi connectivity index (χ4v) is 2.61. The van der Waals surface area contributed by atoms with Crippen molar-refractivity contribution in [2.45, 2.75) is 17.8 Å². The van der Waals surface area contributed by atoms with Crippen molar-refractivity contribution in [1.82, 2.24) is 24.9 Å². The molecule has 0 bridgehead atoms. The van der Waals surface area contributed by atoms with Gasteiger partial charge in [-0.15, -0.1) is 10.2 Å². The second kappa shape index (κ2) is 6.61. The van der Waals surface area contributed by atoms with E-state index in [0.717, 1.165) is 16.5 Å². The summed E-state index contributed by atoms with van der Waals surface area (Å²) in [5.74, 6) is 2.35. The zero-order valence-corrected chi connectivity index (χ0v) is 13.1. The molecule has 8 heteroatoms. The van der Waals surface area contributed by atoms with Gasteiger partial charge in [0.25, 0.3) is 0 Å². The number of rotatable bonds is 6. The minimum Gasteiger partial charge on any atom is -0.493 e. The number of hydrogen-bond donors (Lipinski definition) is 0. The maximum atomic E-state index is 5.59. The first-order chi connectivity index (χ1) is 10.8. The van der Waals surface area contributed by atoms with Crippen LogP contribution in [0, 0.1) is 0 Å². The van der Waals surface area contributed by atoms with Gasteiger partial charge in [0.2, 0.25) is 11.7 Å². The molecule has 22 heavy (non-hydrogen) atoms. The van der Waals surface area contributed by atoms with Gasteiger partial charge in [0.1, 0.15) is 12.1 Å². The van der Waals surface area contributed by atoms with Gasteiger partial charge in [-0.05, 0) is 19.1 Å². The van der Waals surface area contributed by atoms with Crippen molar-refractivity contribution < 1.29 is 9.26 Å². The summed E-state index contributed by atoms with van der Waals surface area (Å²) in [5, 5.41) is 12.7. The van der Waals surface area contributed by atoms with E-state index >= 15 is 0 Å².